The molecule has 1 heterocycles. The van der Waals surface area contributed by atoms with Crippen LogP contribution in [0.3, 0.4) is 0 Å². The summed E-state index contributed by atoms with van der Waals surface area (Å²) in [6.07, 6.45) is 3.14. The second-order valence-electron chi connectivity index (χ2n) is 3.71. The zero-order chi connectivity index (χ0) is 11.4. The lowest BCUT2D eigenvalue weighted by Crippen LogP contribution is -2.19. The van der Waals surface area contributed by atoms with Gasteiger partial charge < -0.3 is 14.6 Å². The fourth-order valence-corrected chi connectivity index (χ4v) is 1.31. The first-order chi connectivity index (χ1) is 7.79. The molecule has 16 heavy (non-hydrogen) atoms. The lowest BCUT2D eigenvalue weighted by Gasteiger charge is -1.97. The van der Waals surface area contributed by atoms with Crippen LogP contribution in [0.25, 0.3) is 0 Å². The van der Waals surface area contributed by atoms with Gasteiger partial charge in [0, 0.05) is 19.0 Å². The van der Waals surface area contributed by atoms with Gasteiger partial charge in [0.2, 0.25) is 5.89 Å². The van der Waals surface area contributed by atoms with Gasteiger partial charge in [-0.25, -0.2) is 4.79 Å². The van der Waals surface area contributed by atoms with E-state index in [9.17, 15) is 4.79 Å². The first-order valence-electron chi connectivity index (χ1n) is 5.52. The van der Waals surface area contributed by atoms with E-state index in [2.05, 4.69) is 15.5 Å². The third-order valence-corrected chi connectivity index (χ3v) is 2.28. The Hall–Kier alpha value is -1.43. The van der Waals surface area contributed by atoms with Crippen molar-refractivity contribution >= 4 is 5.97 Å². The van der Waals surface area contributed by atoms with E-state index >= 15 is 0 Å². The Labute approximate surface area is 93.4 Å². The predicted molar refractivity (Wildman–Crippen MR) is 55.0 cm³/mol. The average molecular weight is 225 g/mol. The van der Waals surface area contributed by atoms with Crippen LogP contribution in [0.15, 0.2) is 4.52 Å². The summed E-state index contributed by atoms with van der Waals surface area (Å²) in [5.74, 6) is -0.0628. The molecule has 88 valence electrons. The van der Waals surface area contributed by atoms with Crippen LogP contribution in [-0.2, 0) is 11.2 Å². The van der Waals surface area contributed by atoms with Gasteiger partial charge in [-0.1, -0.05) is 0 Å². The first kappa shape index (κ1) is 11.1. The normalized spacial score (nSPS) is 15.1. The van der Waals surface area contributed by atoms with Crippen molar-refractivity contribution in [1.29, 1.82) is 0 Å². The second kappa shape index (κ2) is 5.07. The number of carbonyl (C=O) groups is 1. The number of carbonyl (C=O) groups excluding carboxylic acids is 1. The Bertz CT molecular complexity index is 360. The number of nitrogens with one attached hydrogen (secondary N) is 1. The van der Waals surface area contributed by atoms with Crippen molar-refractivity contribution in [2.45, 2.75) is 32.2 Å². The summed E-state index contributed by atoms with van der Waals surface area (Å²) in [6.45, 7) is 2.85. The van der Waals surface area contributed by atoms with Gasteiger partial charge in [0.15, 0.2) is 0 Å². The molecule has 1 fully saturated rings. The summed E-state index contributed by atoms with van der Waals surface area (Å²) in [6, 6.07) is 0.660. The maximum Gasteiger partial charge on any atom is 0.379 e. The molecular weight excluding hydrogens is 210 g/mol. The minimum atomic E-state index is -0.535. The Kier molecular flexibility index (Phi) is 3.51. The van der Waals surface area contributed by atoms with Crippen molar-refractivity contribution in [1.82, 2.24) is 15.5 Å². The third kappa shape index (κ3) is 3.03. The maximum absolute atomic E-state index is 11.2. The Morgan fingerprint density at radius 3 is 3.12 bits per heavy atom. The molecule has 1 saturated carbocycles. The summed E-state index contributed by atoms with van der Waals surface area (Å²) in [5, 5.41) is 6.88. The van der Waals surface area contributed by atoms with Gasteiger partial charge in [0.1, 0.15) is 0 Å². The van der Waals surface area contributed by atoms with Gasteiger partial charge in [-0.05, 0) is 24.9 Å². The van der Waals surface area contributed by atoms with Gasteiger partial charge in [0.05, 0.1) is 6.61 Å². The fourth-order valence-electron chi connectivity index (χ4n) is 1.31. The number of aromatic nitrogens is 2. The second-order valence-corrected chi connectivity index (χ2v) is 3.71. The summed E-state index contributed by atoms with van der Waals surface area (Å²) in [4.78, 5) is 15.2. The van der Waals surface area contributed by atoms with E-state index in [1.54, 1.807) is 6.92 Å². The molecular formula is C10H15N3O3. The molecule has 2 rings (SSSR count). The van der Waals surface area contributed by atoms with E-state index in [0.29, 0.717) is 25.0 Å². The molecule has 0 atom stereocenters. The molecule has 6 nitrogen and oxygen atoms in total. The standard InChI is InChI=1S/C10H15N3O3/c1-2-15-10(14)9-12-8(16-13-9)5-6-11-7-3-4-7/h7,11H,2-6H2,1H3. The number of rotatable bonds is 6. The molecule has 0 aliphatic heterocycles. The maximum atomic E-state index is 11.2. The molecule has 1 aromatic heterocycles. The van der Waals surface area contributed by atoms with Gasteiger partial charge in [-0.3, -0.25) is 0 Å². The highest BCUT2D eigenvalue weighted by Gasteiger charge is 2.20. The van der Waals surface area contributed by atoms with Crippen molar-refractivity contribution < 1.29 is 14.1 Å². The van der Waals surface area contributed by atoms with Crippen molar-refractivity contribution in [3.8, 4) is 0 Å². The first-order valence-corrected chi connectivity index (χ1v) is 5.52. The Morgan fingerprint density at radius 2 is 2.44 bits per heavy atom. The summed E-state index contributed by atoms with van der Waals surface area (Å²) < 4.78 is 9.69. The number of esters is 1. The molecule has 1 aliphatic carbocycles. The molecule has 0 saturated heterocycles. The number of hydrogen-bond acceptors (Lipinski definition) is 6. The fraction of sp³-hybridized carbons (Fsp3) is 0.700. The van der Waals surface area contributed by atoms with Crippen molar-refractivity contribution in [3.63, 3.8) is 0 Å². The largest absolute Gasteiger partial charge is 0.460 e. The van der Waals surface area contributed by atoms with Gasteiger partial charge in [0.25, 0.3) is 5.82 Å². The van der Waals surface area contributed by atoms with Crippen molar-refractivity contribution in [2.24, 2.45) is 0 Å². The van der Waals surface area contributed by atoms with Crippen LogP contribution in [-0.4, -0.2) is 35.3 Å². The molecule has 6 heteroatoms. The lowest BCUT2D eigenvalue weighted by atomic mass is 10.4. The smallest absolute Gasteiger partial charge is 0.379 e. The molecule has 1 N–H and O–H groups in total. The van der Waals surface area contributed by atoms with E-state index in [-0.39, 0.29) is 5.82 Å². The molecule has 0 spiro atoms. The zero-order valence-corrected chi connectivity index (χ0v) is 9.23. The topological polar surface area (TPSA) is 77.2 Å². The summed E-state index contributed by atoms with van der Waals surface area (Å²) >= 11 is 0. The predicted octanol–water partition coefficient (Wildman–Crippen LogP) is 0.541. The minimum Gasteiger partial charge on any atom is -0.460 e. The zero-order valence-electron chi connectivity index (χ0n) is 9.23. The highest BCUT2D eigenvalue weighted by atomic mass is 16.5. The number of hydrogen-bond donors (Lipinski definition) is 1. The molecule has 0 amide bonds. The Morgan fingerprint density at radius 1 is 1.62 bits per heavy atom. The van der Waals surface area contributed by atoms with E-state index in [0.717, 1.165) is 6.54 Å². The lowest BCUT2D eigenvalue weighted by molar-refractivity contribution is 0.0508. The Balaban J connectivity index is 1.78. The van der Waals surface area contributed by atoms with Crippen LogP contribution in [0.1, 0.15) is 36.3 Å². The van der Waals surface area contributed by atoms with Gasteiger partial charge in [-0.2, -0.15) is 4.98 Å². The van der Waals surface area contributed by atoms with Gasteiger partial charge >= 0.3 is 5.97 Å². The van der Waals surface area contributed by atoms with Crippen LogP contribution in [0, 0.1) is 0 Å². The minimum absolute atomic E-state index is 0.00303. The molecule has 0 aromatic carbocycles. The van der Waals surface area contributed by atoms with Crippen molar-refractivity contribution in [3.05, 3.63) is 11.7 Å². The van der Waals surface area contributed by atoms with Crippen molar-refractivity contribution in [2.75, 3.05) is 13.2 Å². The quantitative estimate of drug-likeness (QED) is 0.712. The van der Waals surface area contributed by atoms with Crippen LogP contribution >= 0.6 is 0 Å². The van der Waals surface area contributed by atoms with E-state index in [1.165, 1.54) is 12.8 Å². The monoisotopic (exact) mass is 225 g/mol. The molecule has 0 radical (unpaired) electrons. The molecule has 0 unspecified atom stereocenters. The van der Waals surface area contributed by atoms with E-state index in [1.807, 2.05) is 0 Å². The van der Waals surface area contributed by atoms with Crippen LogP contribution in [0.5, 0.6) is 0 Å². The number of nitrogens with zero attached hydrogens (tertiary/aromatic N) is 2. The van der Waals surface area contributed by atoms with E-state index < -0.39 is 5.97 Å². The molecule has 1 aromatic rings. The van der Waals surface area contributed by atoms with Crippen LogP contribution in [0.2, 0.25) is 0 Å². The molecule has 0 bridgehead atoms. The molecule has 1 aliphatic rings. The van der Waals surface area contributed by atoms with Crippen LogP contribution in [0.4, 0.5) is 0 Å². The summed E-state index contributed by atoms with van der Waals surface area (Å²) in [5.41, 5.74) is 0. The summed E-state index contributed by atoms with van der Waals surface area (Å²) in [7, 11) is 0. The number of ether oxygens (including phenoxy) is 1. The SMILES string of the molecule is CCOC(=O)c1noc(CCNC2CC2)n1. The van der Waals surface area contributed by atoms with E-state index in [4.69, 9.17) is 9.26 Å². The van der Waals surface area contributed by atoms with Crippen LogP contribution < -0.4 is 5.32 Å². The average Bonchev–Trinajstić information content (AvgIpc) is 2.95. The highest BCUT2D eigenvalue weighted by molar-refractivity contribution is 5.84. The highest BCUT2D eigenvalue weighted by Crippen LogP contribution is 2.18. The third-order valence-electron chi connectivity index (χ3n) is 2.28. The van der Waals surface area contributed by atoms with Gasteiger partial charge in [-0.15, -0.1) is 0 Å².